The zero-order chi connectivity index (χ0) is 12.8. The van der Waals surface area contributed by atoms with Gasteiger partial charge in [-0.2, -0.15) is 0 Å². The molecule has 1 fully saturated rings. The number of nitrogens with zero attached hydrogens (tertiary/aromatic N) is 2. The number of fused-ring (bicyclic) bond motifs is 1. The Bertz CT molecular complexity index is 572. The second-order valence-electron chi connectivity index (χ2n) is 5.75. The summed E-state index contributed by atoms with van der Waals surface area (Å²) >= 11 is 0. The Balaban J connectivity index is 2.16. The number of imidazole rings is 1. The van der Waals surface area contributed by atoms with Crippen molar-refractivity contribution in [1.82, 2.24) is 9.55 Å². The summed E-state index contributed by atoms with van der Waals surface area (Å²) in [5.41, 5.74) is 8.68. The van der Waals surface area contributed by atoms with Crippen LogP contribution in [0.3, 0.4) is 0 Å². The molecule has 1 aromatic carbocycles. The van der Waals surface area contributed by atoms with Crippen LogP contribution in [0.5, 0.6) is 0 Å². The van der Waals surface area contributed by atoms with E-state index in [4.69, 9.17) is 10.7 Å². The quantitative estimate of drug-likeness (QED) is 0.837. The van der Waals surface area contributed by atoms with E-state index in [9.17, 15) is 0 Å². The van der Waals surface area contributed by atoms with E-state index in [-0.39, 0.29) is 11.5 Å². The minimum atomic E-state index is 0.0199. The van der Waals surface area contributed by atoms with Gasteiger partial charge in [0.15, 0.2) is 0 Å². The number of aryl methyl sites for hydroxylation is 1. The van der Waals surface area contributed by atoms with Crippen LogP contribution in [-0.2, 0) is 12.5 Å². The van der Waals surface area contributed by atoms with Gasteiger partial charge in [-0.1, -0.05) is 31.9 Å². The average Bonchev–Trinajstić information content (AvgIpc) is 2.72. The van der Waals surface area contributed by atoms with Crippen LogP contribution in [0.2, 0.25) is 0 Å². The molecule has 0 saturated heterocycles. The molecular formula is C15H21N3. The summed E-state index contributed by atoms with van der Waals surface area (Å²) in [4.78, 5) is 4.84. The molecule has 2 aromatic rings. The van der Waals surface area contributed by atoms with E-state index in [0.717, 1.165) is 24.2 Å². The maximum Gasteiger partial charge on any atom is 0.117 e. The van der Waals surface area contributed by atoms with Crippen LogP contribution in [0.4, 0.5) is 0 Å². The van der Waals surface area contributed by atoms with Gasteiger partial charge in [-0.25, -0.2) is 4.98 Å². The lowest BCUT2D eigenvalue weighted by atomic mass is 9.71. The van der Waals surface area contributed by atoms with Gasteiger partial charge in [0, 0.05) is 18.5 Å². The van der Waals surface area contributed by atoms with Crippen molar-refractivity contribution in [3.05, 3.63) is 30.1 Å². The van der Waals surface area contributed by atoms with Gasteiger partial charge < -0.3 is 10.3 Å². The molecule has 18 heavy (non-hydrogen) atoms. The fourth-order valence-electron chi connectivity index (χ4n) is 3.29. The maximum absolute atomic E-state index is 6.38. The lowest BCUT2D eigenvalue weighted by molar-refractivity contribution is 0.254. The number of benzene rings is 1. The molecule has 0 spiro atoms. The molecule has 1 aromatic heterocycles. The van der Waals surface area contributed by atoms with Crippen molar-refractivity contribution in [1.29, 1.82) is 0 Å². The first-order valence-electron chi connectivity index (χ1n) is 6.80. The van der Waals surface area contributed by atoms with Crippen molar-refractivity contribution in [2.75, 3.05) is 0 Å². The molecule has 2 atom stereocenters. The molecule has 2 unspecified atom stereocenters. The van der Waals surface area contributed by atoms with Crippen LogP contribution in [-0.4, -0.2) is 15.6 Å². The van der Waals surface area contributed by atoms with E-state index < -0.39 is 0 Å². The van der Waals surface area contributed by atoms with Gasteiger partial charge in [-0.05, 0) is 25.0 Å². The zero-order valence-corrected chi connectivity index (χ0v) is 11.2. The Hall–Kier alpha value is -1.35. The van der Waals surface area contributed by atoms with E-state index in [1.165, 1.54) is 18.4 Å². The molecule has 1 aliphatic rings. The maximum atomic E-state index is 6.38. The highest BCUT2D eigenvalue weighted by Gasteiger charge is 2.39. The molecule has 0 aliphatic heterocycles. The Kier molecular flexibility index (Phi) is 2.67. The number of para-hydroxylation sites is 2. The molecule has 0 bridgehead atoms. The van der Waals surface area contributed by atoms with Crippen molar-refractivity contribution in [2.45, 2.75) is 44.1 Å². The van der Waals surface area contributed by atoms with Gasteiger partial charge in [0.1, 0.15) is 5.82 Å². The van der Waals surface area contributed by atoms with Gasteiger partial charge in [0.2, 0.25) is 0 Å². The van der Waals surface area contributed by atoms with E-state index in [2.05, 4.69) is 36.7 Å². The number of hydrogen-bond donors (Lipinski definition) is 1. The highest BCUT2D eigenvalue weighted by Crippen LogP contribution is 2.38. The van der Waals surface area contributed by atoms with Crippen molar-refractivity contribution >= 4 is 11.0 Å². The fourth-order valence-corrected chi connectivity index (χ4v) is 3.29. The van der Waals surface area contributed by atoms with Gasteiger partial charge in [0.25, 0.3) is 0 Å². The SMILES string of the molecule is Cn1c(C2(C)CCCCC2N)nc2ccccc21. The third-order valence-corrected chi connectivity index (χ3v) is 4.58. The lowest BCUT2D eigenvalue weighted by Gasteiger charge is -2.38. The van der Waals surface area contributed by atoms with Crippen molar-refractivity contribution in [2.24, 2.45) is 12.8 Å². The van der Waals surface area contributed by atoms with Gasteiger partial charge in [-0.3, -0.25) is 0 Å². The average molecular weight is 243 g/mol. The number of hydrogen-bond acceptors (Lipinski definition) is 2. The molecule has 1 aliphatic carbocycles. The highest BCUT2D eigenvalue weighted by atomic mass is 15.1. The molecule has 96 valence electrons. The minimum Gasteiger partial charge on any atom is -0.331 e. The van der Waals surface area contributed by atoms with Gasteiger partial charge >= 0.3 is 0 Å². The summed E-state index contributed by atoms with van der Waals surface area (Å²) in [5, 5.41) is 0. The van der Waals surface area contributed by atoms with Crippen LogP contribution in [0.25, 0.3) is 11.0 Å². The van der Waals surface area contributed by atoms with Crippen LogP contribution in [0, 0.1) is 0 Å². The predicted octanol–water partition coefficient (Wildman–Crippen LogP) is 2.73. The summed E-state index contributed by atoms with van der Waals surface area (Å²) in [6, 6.07) is 8.54. The predicted molar refractivity (Wildman–Crippen MR) is 74.5 cm³/mol. The van der Waals surface area contributed by atoms with E-state index >= 15 is 0 Å². The Morgan fingerprint density at radius 2 is 2.11 bits per heavy atom. The minimum absolute atomic E-state index is 0.0199. The first-order chi connectivity index (χ1) is 8.63. The van der Waals surface area contributed by atoms with Crippen LogP contribution >= 0.6 is 0 Å². The standard InChI is InChI=1S/C15H21N3/c1-15(10-6-5-9-13(15)16)14-17-11-7-3-4-8-12(11)18(14)2/h3-4,7-8,13H,5-6,9-10,16H2,1-2H3. The Morgan fingerprint density at radius 1 is 1.33 bits per heavy atom. The molecule has 0 radical (unpaired) electrons. The lowest BCUT2D eigenvalue weighted by Crippen LogP contribution is -2.47. The summed E-state index contributed by atoms with van der Waals surface area (Å²) in [6.45, 7) is 2.28. The van der Waals surface area contributed by atoms with Crippen molar-refractivity contribution < 1.29 is 0 Å². The van der Waals surface area contributed by atoms with Gasteiger partial charge in [0.05, 0.1) is 11.0 Å². The molecule has 3 rings (SSSR count). The largest absolute Gasteiger partial charge is 0.331 e. The van der Waals surface area contributed by atoms with E-state index in [1.54, 1.807) is 0 Å². The monoisotopic (exact) mass is 243 g/mol. The van der Waals surface area contributed by atoms with Crippen molar-refractivity contribution in [3.8, 4) is 0 Å². The number of aromatic nitrogens is 2. The topological polar surface area (TPSA) is 43.8 Å². The number of rotatable bonds is 1. The third-order valence-electron chi connectivity index (χ3n) is 4.58. The summed E-state index contributed by atoms with van der Waals surface area (Å²) in [7, 11) is 2.11. The van der Waals surface area contributed by atoms with Crippen LogP contribution in [0.15, 0.2) is 24.3 Å². The summed E-state index contributed by atoms with van der Waals surface area (Å²) < 4.78 is 2.22. The highest BCUT2D eigenvalue weighted by molar-refractivity contribution is 5.76. The second kappa shape index (κ2) is 4.09. The second-order valence-corrected chi connectivity index (χ2v) is 5.75. The zero-order valence-electron chi connectivity index (χ0n) is 11.2. The fraction of sp³-hybridized carbons (Fsp3) is 0.533. The Labute approximate surface area is 108 Å². The van der Waals surface area contributed by atoms with E-state index in [1.807, 2.05) is 6.07 Å². The number of nitrogens with two attached hydrogens (primary N) is 1. The van der Waals surface area contributed by atoms with Crippen LogP contribution in [0.1, 0.15) is 38.4 Å². The molecule has 1 heterocycles. The molecule has 3 nitrogen and oxygen atoms in total. The van der Waals surface area contributed by atoms with E-state index in [0.29, 0.717) is 0 Å². The molecular weight excluding hydrogens is 222 g/mol. The summed E-state index contributed by atoms with van der Waals surface area (Å²) in [5.74, 6) is 1.15. The van der Waals surface area contributed by atoms with Crippen LogP contribution < -0.4 is 5.73 Å². The first-order valence-corrected chi connectivity index (χ1v) is 6.80. The molecule has 3 heteroatoms. The third kappa shape index (κ3) is 1.57. The van der Waals surface area contributed by atoms with Gasteiger partial charge in [-0.15, -0.1) is 0 Å². The Morgan fingerprint density at radius 3 is 2.83 bits per heavy atom. The summed E-state index contributed by atoms with van der Waals surface area (Å²) in [6.07, 6.45) is 4.76. The molecule has 2 N–H and O–H groups in total. The smallest absolute Gasteiger partial charge is 0.117 e. The molecule has 0 amide bonds. The molecule has 1 saturated carbocycles. The first kappa shape index (κ1) is 11.7. The van der Waals surface area contributed by atoms with Crippen molar-refractivity contribution in [3.63, 3.8) is 0 Å². The normalized spacial score (nSPS) is 28.7.